The number of nitrogens with one attached hydrogen (secondary N) is 2. The first-order valence-electron chi connectivity index (χ1n) is 12.4. The molecule has 0 aromatic heterocycles. The van der Waals surface area contributed by atoms with Crippen molar-refractivity contribution >= 4 is 29.4 Å². The molecule has 36 heavy (non-hydrogen) atoms. The molecule has 2 aromatic rings. The van der Waals surface area contributed by atoms with E-state index in [1.54, 1.807) is 30.2 Å². The number of hydrogen-bond donors (Lipinski definition) is 2. The highest BCUT2D eigenvalue weighted by Gasteiger charge is 2.39. The molecule has 4 aliphatic rings. The molecule has 0 spiro atoms. The van der Waals surface area contributed by atoms with Crippen LogP contribution in [0.25, 0.3) is 0 Å². The summed E-state index contributed by atoms with van der Waals surface area (Å²) >= 11 is 0. The number of methoxy groups -OCH3 is 1. The number of rotatable bonds is 5. The maximum Gasteiger partial charge on any atom is 0.322 e. The third-order valence-electron chi connectivity index (χ3n) is 7.65. The molecule has 3 heterocycles. The Morgan fingerprint density at radius 2 is 1.89 bits per heavy atom. The highest BCUT2D eigenvalue weighted by molar-refractivity contribution is 6.05. The van der Waals surface area contributed by atoms with Crippen molar-refractivity contribution in [2.75, 3.05) is 19.0 Å². The lowest BCUT2D eigenvalue weighted by atomic mass is 10.0. The number of ether oxygens (including phenoxy) is 1. The molecule has 0 radical (unpaired) electrons. The fraction of sp³-hybridized carbons (Fsp3) is 0.407. The maximum atomic E-state index is 13.3. The molecule has 2 aromatic carbocycles. The quantitative estimate of drug-likeness (QED) is 0.629. The average Bonchev–Trinajstić information content (AvgIpc) is 3.58. The Hall–Kier alpha value is -3.72. The van der Waals surface area contributed by atoms with Crippen LogP contribution in [-0.2, 0) is 27.4 Å². The van der Waals surface area contributed by atoms with Crippen LogP contribution in [0.3, 0.4) is 0 Å². The minimum absolute atomic E-state index is 0.169. The molecule has 1 aliphatic carbocycles. The molecule has 9 nitrogen and oxygen atoms in total. The summed E-state index contributed by atoms with van der Waals surface area (Å²) in [5.74, 6) is -0.347. The van der Waals surface area contributed by atoms with Crippen LogP contribution in [0.15, 0.2) is 36.4 Å². The van der Waals surface area contributed by atoms with Crippen molar-refractivity contribution in [3.05, 3.63) is 64.2 Å². The Morgan fingerprint density at radius 3 is 2.64 bits per heavy atom. The van der Waals surface area contributed by atoms with Gasteiger partial charge in [-0.3, -0.25) is 19.7 Å². The van der Waals surface area contributed by atoms with Crippen molar-refractivity contribution < 1.29 is 23.9 Å². The number of fused-ring (bicyclic) bond motifs is 2. The van der Waals surface area contributed by atoms with Crippen LogP contribution in [-0.4, -0.2) is 53.3 Å². The Labute approximate surface area is 208 Å². The first-order chi connectivity index (χ1) is 17.4. The van der Waals surface area contributed by atoms with E-state index in [-0.39, 0.29) is 36.9 Å². The molecule has 0 bridgehead atoms. The van der Waals surface area contributed by atoms with Gasteiger partial charge < -0.3 is 19.9 Å². The molecule has 3 aliphatic heterocycles. The highest BCUT2D eigenvalue weighted by atomic mass is 16.5. The molecule has 5 amide bonds. The predicted octanol–water partition coefficient (Wildman–Crippen LogP) is 3.06. The van der Waals surface area contributed by atoms with Gasteiger partial charge in [-0.05, 0) is 65.6 Å². The lowest BCUT2D eigenvalue weighted by Crippen LogP contribution is -2.52. The van der Waals surface area contributed by atoms with E-state index in [9.17, 15) is 19.2 Å². The molecule has 186 valence electrons. The number of nitrogens with zero attached hydrogens (tertiary/aromatic N) is 2. The average molecular weight is 489 g/mol. The fourth-order valence-corrected chi connectivity index (χ4v) is 5.62. The van der Waals surface area contributed by atoms with Gasteiger partial charge >= 0.3 is 6.03 Å². The van der Waals surface area contributed by atoms with Gasteiger partial charge in [-0.15, -0.1) is 0 Å². The molecule has 1 saturated heterocycles. The molecular formula is C27H28N4O5. The van der Waals surface area contributed by atoms with Gasteiger partial charge in [-0.1, -0.05) is 18.2 Å². The van der Waals surface area contributed by atoms with E-state index < -0.39 is 11.9 Å². The van der Waals surface area contributed by atoms with E-state index in [2.05, 4.69) is 28.8 Å². The number of carbonyl (C=O) groups excluding carboxylic acids is 4. The standard InChI is InChI=1S/C27H28N4O5/c1-36-14-23-20-6-4-16(15-2-3-15)10-17(20)13-31(23)27(35)28-19-5-7-21-18(11-19)12-30(26(21)34)22-8-9-24(32)29-25(22)33/h4-7,10-11,15,22-23H,2-3,8-9,12-14H2,1H3,(H,28,35)(H,29,32,33). The van der Waals surface area contributed by atoms with Crippen molar-refractivity contribution in [2.45, 2.75) is 56.8 Å². The van der Waals surface area contributed by atoms with E-state index in [0.717, 1.165) is 16.7 Å². The van der Waals surface area contributed by atoms with Gasteiger partial charge in [-0.25, -0.2) is 4.79 Å². The lowest BCUT2D eigenvalue weighted by molar-refractivity contribution is -0.136. The Kier molecular flexibility index (Phi) is 5.52. The van der Waals surface area contributed by atoms with E-state index in [1.807, 2.05) is 0 Å². The number of benzene rings is 2. The van der Waals surface area contributed by atoms with Crippen LogP contribution >= 0.6 is 0 Å². The van der Waals surface area contributed by atoms with Crippen molar-refractivity contribution in [3.63, 3.8) is 0 Å². The van der Waals surface area contributed by atoms with Gasteiger partial charge in [0.25, 0.3) is 5.91 Å². The summed E-state index contributed by atoms with van der Waals surface area (Å²) in [5, 5.41) is 5.30. The molecule has 6 rings (SSSR count). The van der Waals surface area contributed by atoms with E-state index in [0.29, 0.717) is 36.7 Å². The molecule has 9 heteroatoms. The zero-order valence-electron chi connectivity index (χ0n) is 20.1. The second-order valence-corrected chi connectivity index (χ2v) is 10.0. The number of piperidine rings is 1. The first kappa shape index (κ1) is 22.7. The largest absolute Gasteiger partial charge is 0.382 e. The lowest BCUT2D eigenvalue weighted by Gasteiger charge is -2.29. The molecule has 1 saturated carbocycles. The van der Waals surface area contributed by atoms with Crippen LogP contribution < -0.4 is 10.6 Å². The van der Waals surface area contributed by atoms with Crippen molar-refractivity contribution in [2.24, 2.45) is 0 Å². The van der Waals surface area contributed by atoms with Crippen molar-refractivity contribution in [1.29, 1.82) is 0 Å². The summed E-state index contributed by atoms with van der Waals surface area (Å²) in [7, 11) is 1.64. The summed E-state index contributed by atoms with van der Waals surface area (Å²) in [6.07, 6.45) is 2.98. The monoisotopic (exact) mass is 488 g/mol. The third kappa shape index (κ3) is 3.93. The zero-order chi connectivity index (χ0) is 25.0. The summed E-state index contributed by atoms with van der Waals surface area (Å²) < 4.78 is 5.44. The summed E-state index contributed by atoms with van der Waals surface area (Å²) in [5.41, 5.74) is 5.47. The molecule has 2 fully saturated rings. The van der Waals surface area contributed by atoms with Crippen molar-refractivity contribution in [1.82, 2.24) is 15.1 Å². The maximum absolute atomic E-state index is 13.3. The van der Waals surface area contributed by atoms with Crippen LogP contribution in [0.4, 0.5) is 10.5 Å². The fourth-order valence-electron chi connectivity index (χ4n) is 5.62. The van der Waals surface area contributed by atoms with Gasteiger partial charge in [0.1, 0.15) is 6.04 Å². The zero-order valence-corrected chi connectivity index (χ0v) is 20.1. The van der Waals surface area contributed by atoms with Crippen LogP contribution in [0, 0.1) is 0 Å². The molecule has 2 atom stereocenters. The number of hydrogen-bond acceptors (Lipinski definition) is 5. The van der Waals surface area contributed by atoms with Crippen LogP contribution in [0.5, 0.6) is 0 Å². The molecule has 2 unspecified atom stereocenters. The second-order valence-electron chi connectivity index (χ2n) is 10.0. The van der Waals surface area contributed by atoms with Crippen molar-refractivity contribution in [3.8, 4) is 0 Å². The highest BCUT2D eigenvalue weighted by Crippen LogP contribution is 2.43. The van der Waals surface area contributed by atoms with Gasteiger partial charge in [0.2, 0.25) is 11.8 Å². The predicted molar refractivity (Wildman–Crippen MR) is 130 cm³/mol. The SMILES string of the molecule is COCC1c2ccc(C3CC3)cc2CN1C(=O)Nc1ccc2c(c1)CN(C1CCC(=O)NC1=O)C2=O. The summed E-state index contributed by atoms with van der Waals surface area (Å²) in [4.78, 5) is 53.4. The van der Waals surface area contributed by atoms with Gasteiger partial charge in [0, 0.05) is 37.9 Å². The van der Waals surface area contributed by atoms with E-state index >= 15 is 0 Å². The Morgan fingerprint density at radius 1 is 1.06 bits per heavy atom. The van der Waals surface area contributed by atoms with Crippen LogP contribution in [0.2, 0.25) is 0 Å². The first-order valence-corrected chi connectivity index (χ1v) is 12.4. The van der Waals surface area contributed by atoms with Gasteiger partial charge in [0.05, 0.1) is 12.6 Å². The smallest absolute Gasteiger partial charge is 0.322 e. The normalized spacial score (nSPS) is 23.0. The number of anilines is 1. The van der Waals surface area contributed by atoms with Gasteiger partial charge in [-0.2, -0.15) is 0 Å². The Bertz CT molecular complexity index is 1290. The Balaban J connectivity index is 1.18. The van der Waals surface area contributed by atoms with E-state index in [1.165, 1.54) is 23.3 Å². The third-order valence-corrected chi connectivity index (χ3v) is 7.65. The van der Waals surface area contributed by atoms with Crippen LogP contribution in [0.1, 0.15) is 70.3 Å². The number of imide groups is 1. The topological polar surface area (TPSA) is 108 Å². The minimum atomic E-state index is -0.668. The second kappa shape index (κ2) is 8.74. The minimum Gasteiger partial charge on any atom is -0.382 e. The van der Waals surface area contributed by atoms with Gasteiger partial charge in [0.15, 0.2) is 0 Å². The molecule has 2 N–H and O–H groups in total. The number of amides is 5. The van der Waals surface area contributed by atoms with E-state index in [4.69, 9.17) is 4.74 Å². The summed E-state index contributed by atoms with van der Waals surface area (Å²) in [6.45, 7) is 1.18. The molecular weight excluding hydrogens is 460 g/mol. The number of carbonyl (C=O) groups is 4. The number of urea groups is 1. The summed E-state index contributed by atoms with van der Waals surface area (Å²) in [6, 6.07) is 10.7.